The molecule has 88 valence electrons. The lowest BCUT2D eigenvalue weighted by molar-refractivity contribution is -0.131. The Hall–Kier alpha value is -1.30. The molecule has 0 aliphatic rings. The molecule has 0 spiro atoms. The number of rotatable bonds is 6. The van der Waals surface area contributed by atoms with Gasteiger partial charge in [-0.3, -0.25) is 4.79 Å². The first-order valence-corrected chi connectivity index (χ1v) is 4.76. The van der Waals surface area contributed by atoms with Gasteiger partial charge >= 0.3 is 0 Å². The average molecular weight is 217 g/mol. The SMILES string of the molecule is COCCCN(C)C(=O)C(C)C(N)=NO. The maximum atomic E-state index is 11.7. The van der Waals surface area contributed by atoms with Gasteiger partial charge in [-0.2, -0.15) is 0 Å². The standard InChI is InChI=1S/C9H19N3O3/c1-7(8(10)11-14)9(13)12(2)5-4-6-15-3/h7,14H,4-6H2,1-3H3,(H2,10,11). The first kappa shape index (κ1) is 13.7. The number of nitrogens with zero attached hydrogens (tertiary/aromatic N) is 2. The Labute approximate surface area is 89.7 Å². The summed E-state index contributed by atoms with van der Waals surface area (Å²) >= 11 is 0. The maximum Gasteiger partial charge on any atom is 0.232 e. The van der Waals surface area contributed by atoms with Crippen molar-refractivity contribution in [3.8, 4) is 0 Å². The van der Waals surface area contributed by atoms with Gasteiger partial charge in [-0.25, -0.2) is 0 Å². The molecule has 0 heterocycles. The van der Waals surface area contributed by atoms with Crippen LogP contribution in [0.1, 0.15) is 13.3 Å². The zero-order valence-electron chi connectivity index (χ0n) is 9.43. The molecule has 0 saturated heterocycles. The molecule has 0 aromatic heterocycles. The fourth-order valence-corrected chi connectivity index (χ4v) is 1.10. The predicted octanol–water partition coefficient (Wildman–Crippen LogP) is -0.136. The van der Waals surface area contributed by atoms with Gasteiger partial charge in [-0.05, 0) is 13.3 Å². The van der Waals surface area contributed by atoms with Gasteiger partial charge < -0.3 is 20.6 Å². The maximum absolute atomic E-state index is 11.7. The van der Waals surface area contributed by atoms with Crippen molar-refractivity contribution in [2.75, 3.05) is 27.3 Å². The number of hydrogen-bond donors (Lipinski definition) is 2. The quantitative estimate of drug-likeness (QED) is 0.213. The van der Waals surface area contributed by atoms with E-state index >= 15 is 0 Å². The Morgan fingerprint density at radius 3 is 2.73 bits per heavy atom. The lowest BCUT2D eigenvalue weighted by Crippen LogP contribution is -2.39. The fraction of sp³-hybridized carbons (Fsp3) is 0.778. The van der Waals surface area contributed by atoms with E-state index in [9.17, 15) is 4.79 Å². The second-order valence-electron chi connectivity index (χ2n) is 3.35. The topological polar surface area (TPSA) is 88.2 Å². The number of methoxy groups -OCH3 is 1. The van der Waals surface area contributed by atoms with Crippen LogP contribution < -0.4 is 5.73 Å². The summed E-state index contributed by atoms with van der Waals surface area (Å²) in [6.45, 7) is 2.80. The van der Waals surface area contributed by atoms with Crippen LogP contribution in [0.4, 0.5) is 0 Å². The molecule has 0 radical (unpaired) electrons. The molecule has 6 nitrogen and oxygen atoms in total. The zero-order chi connectivity index (χ0) is 11.8. The van der Waals surface area contributed by atoms with Crippen LogP contribution in [0.5, 0.6) is 0 Å². The highest BCUT2D eigenvalue weighted by Crippen LogP contribution is 2.01. The number of amides is 1. The molecule has 0 bridgehead atoms. The summed E-state index contributed by atoms with van der Waals surface area (Å²) in [4.78, 5) is 13.2. The summed E-state index contributed by atoms with van der Waals surface area (Å²) in [6.07, 6.45) is 0.766. The lowest BCUT2D eigenvalue weighted by atomic mass is 10.1. The molecule has 0 rings (SSSR count). The van der Waals surface area contributed by atoms with Crippen molar-refractivity contribution < 1.29 is 14.7 Å². The van der Waals surface area contributed by atoms with Gasteiger partial charge in [0.15, 0.2) is 5.84 Å². The third kappa shape index (κ3) is 4.64. The molecule has 0 aliphatic carbocycles. The van der Waals surface area contributed by atoms with E-state index in [1.807, 2.05) is 0 Å². The van der Waals surface area contributed by atoms with Crippen molar-refractivity contribution in [3.05, 3.63) is 0 Å². The Morgan fingerprint density at radius 1 is 1.67 bits per heavy atom. The summed E-state index contributed by atoms with van der Waals surface area (Å²) in [5.41, 5.74) is 5.34. The second-order valence-corrected chi connectivity index (χ2v) is 3.35. The molecule has 15 heavy (non-hydrogen) atoms. The van der Waals surface area contributed by atoms with Crippen LogP contribution in [-0.2, 0) is 9.53 Å². The van der Waals surface area contributed by atoms with Gasteiger partial charge in [0.2, 0.25) is 5.91 Å². The zero-order valence-corrected chi connectivity index (χ0v) is 9.43. The molecule has 0 fully saturated rings. The molecule has 1 atom stereocenters. The Morgan fingerprint density at radius 2 is 2.27 bits per heavy atom. The van der Waals surface area contributed by atoms with Crippen molar-refractivity contribution in [1.29, 1.82) is 0 Å². The number of ether oxygens (including phenoxy) is 1. The molecule has 3 N–H and O–H groups in total. The summed E-state index contributed by atoms with van der Waals surface area (Å²) in [5.74, 6) is -0.831. The van der Waals surface area contributed by atoms with Crippen LogP contribution in [0, 0.1) is 5.92 Å². The van der Waals surface area contributed by atoms with Crippen molar-refractivity contribution in [2.24, 2.45) is 16.8 Å². The average Bonchev–Trinajstić information content (AvgIpc) is 2.26. The highest BCUT2D eigenvalue weighted by Gasteiger charge is 2.20. The third-order valence-corrected chi connectivity index (χ3v) is 2.15. The molecule has 1 amide bonds. The van der Waals surface area contributed by atoms with Crippen LogP contribution in [0.15, 0.2) is 5.16 Å². The van der Waals surface area contributed by atoms with Gasteiger partial charge in [-0.15, -0.1) is 0 Å². The number of amidine groups is 1. The van der Waals surface area contributed by atoms with E-state index in [1.54, 1.807) is 26.0 Å². The molecular weight excluding hydrogens is 198 g/mol. The summed E-state index contributed by atoms with van der Waals surface area (Å²) in [7, 11) is 3.29. The Bertz CT molecular complexity index is 231. The molecule has 0 aliphatic heterocycles. The van der Waals surface area contributed by atoms with Crippen LogP contribution >= 0.6 is 0 Å². The van der Waals surface area contributed by atoms with E-state index < -0.39 is 5.92 Å². The minimum absolute atomic E-state index is 0.0707. The van der Waals surface area contributed by atoms with E-state index in [0.717, 1.165) is 6.42 Å². The van der Waals surface area contributed by atoms with Crippen molar-refractivity contribution in [2.45, 2.75) is 13.3 Å². The van der Waals surface area contributed by atoms with Gasteiger partial charge in [0.25, 0.3) is 0 Å². The second kappa shape index (κ2) is 7.05. The molecule has 0 saturated carbocycles. The van der Waals surface area contributed by atoms with Crippen LogP contribution in [0.25, 0.3) is 0 Å². The number of nitrogens with two attached hydrogens (primary N) is 1. The normalized spacial score (nSPS) is 13.7. The number of oxime groups is 1. The van der Waals surface area contributed by atoms with E-state index in [0.29, 0.717) is 13.2 Å². The van der Waals surface area contributed by atoms with Crippen LogP contribution in [0.2, 0.25) is 0 Å². The van der Waals surface area contributed by atoms with Crippen molar-refractivity contribution in [3.63, 3.8) is 0 Å². The number of hydrogen-bond acceptors (Lipinski definition) is 4. The van der Waals surface area contributed by atoms with Gasteiger partial charge in [0.05, 0.1) is 5.92 Å². The first-order chi connectivity index (χ1) is 7.04. The molecule has 1 unspecified atom stereocenters. The molecular formula is C9H19N3O3. The molecule has 0 aromatic carbocycles. The highest BCUT2D eigenvalue weighted by atomic mass is 16.5. The number of carbonyl (C=O) groups excluding carboxylic acids is 1. The minimum atomic E-state index is -0.595. The lowest BCUT2D eigenvalue weighted by Gasteiger charge is -2.20. The van der Waals surface area contributed by atoms with E-state index in [4.69, 9.17) is 15.7 Å². The van der Waals surface area contributed by atoms with E-state index in [2.05, 4.69) is 5.16 Å². The minimum Gasteiger partial charge on any atom is -0.409 e. The Balaban J connectivity index is 4.08. The number of carbonyl (C=O) groups is 1. The van der Waals surface area contributed by atoms with Crippen molar-refractivity contribution in [1.82, 2.24) is 4.90 Å². The van der Waals surface area contributed by atoms with Gasteiger partial charge in [0.1, 0.15) is 0 Å². The largest absolute Gasteiger partial charge is 0.409 e. The smallest absolute Gasteiger partial charge is 0.232 e. The third-order valence-electron chi connectivity index (χ3n) is 2.15. The van der Waals surface area contributed by atoms with Crippen molar-refractivity contribution >= 4 is 11.7 Å². The highest BCUT2D eigenvalue weighted by molar-refractivity contribution is 6.01. The summed E-state index contributed by atoms with van der Waals surface area (Å²) in [5, 5.41) is 11.2. The first-order valence-electron chi connectivity index (χ1n) is 4.76. The molecule has 0 aromatic rings. The van der Waals surface area contributed by atoms with E-state index in [1.165, 1.54) is 0 Å². The monoisotopic (exact) mass is 217 g/mol. The summed E-state index contributed by atoms with van der Waals surface area (Å²) in [6, 6.07) is 0. The Kier molecular flexibility index (Phi) is 6.44. The van der Waals surface area contributed by atoms with Gasteiger partial charge in [-0.1, -0.05) is 5.16 Å². The van der Waals surface area contributed by atoms with Gasteiger partial charge in [0, 0.05) is 27.3 Å². The summed E-state index contributed by atoms with van der Waals surface area (Å²) < 4.78 is 4.87. The van der Waals surface area contributed by atoms with Crippen LogP contribution in [-0.4, -0.2) is 49.2 Å². The predicted molar refractivity (Wildman–Crippen MR) is 56.7 cm³/mol. The van der Waals surface area contributed by atoms with Crippen LogP contribution in [0.3, 0.4) is 0 Å². The van der Waals surface area contributed by atoms with E-state index in [-0.39, 0.29) is 11.7 Å². The fourth-order valence-electron chi connectivity index (χ4n) is 1.10. The molecule has 6 heteroatoms.